The van der Waals surface area contributed by atoms with Gasteiger partial charge in [0.1, 0.15) is 0 Å². The maximum atomic E-state index is 11.5. The molecule has 17 heavy (non-hydrogen) atoms. The molecule has 1 rings (SSSR count). The van der Waals surface area contributed by atoms with Gasteiger partial charge in [0, 0.05) is 31.4 Å². The molecule has 0 aliphatic rings. The Balaban J connectivity index is 2.05. The Morgan fingerprint density at radius 1 is 1.29 bits per heavy atom. The van der Waals surface area contributed by atoms with Crippen molar-refractivity contribution in [2.75, 3.05) is 19.6 Å². The van der Waals surface area contributed by atoms with Crippen LogP contribution in [-0.4, -0.2) is 30.5 Å². The van der Waals surface area contributed by atoms with Crippen molar-refractivity contribution in [1.82, 2.24) is 15.6 Å². The molecule has 1 aromatic heterocycles. The van der Waals surface area contributed by atoms with Gasteiger partial charge < -0.3 is 10.6 Å². The summed E-state index contributed by atoms with van der Waals surface area (Å²) in [5, 5.41) is 6.12. The van der Waals surface area contributed by atoms with Gasteiger partial charge in [0.05, 0.1) is 0 Å². The van der Waals surface area contributed by atoms with Gasteiger partial charge in [0.15, 0.2) is 0 Å². The molecule has 0 unspecified atom stereocenters. The van der Waals surface area contributed by atoms with E-state index in [1.54, 1.807) is 6.20 Å². The van der Waals surface area contributed by atoms with Crippen molar-refractivity contribution in [3.05, 3.63) is 30.1 Å². The molecule has 1 heterocycles. The van der Waals surface area contributed by atoms with Gasteiger partial charge >= 0.3 is 0 Å². The summed E-state index contributed by atoms with van der Waals surface area (Å²) in [4.78, 5) is 15.7. The second-order valence-electron chi connectivity index (χ2n) is 3.92. The van der Waals surface area contributed by atoms with Crippen LogP contribution in [0, 0.1) is 0 Å². The van der Waals surface area contributed by atoms with Gasteiger partial charge in [0.2, 0.25) is 5.91 Å². The van der Waals surface area contributed by atoms with Crippen LogP contribution in [0.15, 0.2) is 24.4 Å². The van der Waals surface area contributed by atoms with Gasteiger partial charge in [-0.05, 0) is 31.5 Å². The molecule has 0 aromatic carbocycles. The van der Waals surface area contributed by atoms with E-state index < -0.39 is 0 Å². The van der Waals surface area contributed by atoms with E-state index in [1.807, 2.05) is 18.2 Å². The summed E-state index contributed by atoms with van der Waals surface area (Å²) < 4.78 is 0. The number of aryl methyl sites for hydroxylation is 1. The first-order valence-electron chi connectivity index (χ1n) is 6.20. The lowest BCUT2D eigenvalue weighted by molar-refractivity contribution is -0.121. The predicted octanol–water partition coefficient (Wildman–Crippen LogP) is 1.13. The highest BCUT2D eigenvalue weighted by Gasteiger charge is 2.01. The van der Waals surface area contributed by atoms with E-state index in [1.165, 1.54) is 0 Å². The van der Waals surface area contributed by atoms with Crippen LogP contribution in [0.3, 0.4) is 0 Å². The van der Waals surface area contributed by atoms with E-state index in [0.717, 1.165) is 25.2 Å². The lowest BCUT2D eigenvalue weighted by Crippen LogP contribution is -2.32. The summed E-state index contributed by atoms with van der Waals surface area (Å²) in [6, 6.07) is 5.76. The normalized spacial score (nSPS) is 10.2. The number of nitrogens with one attached hydrogen (secondary N) is 2. The zero-order valence-electron chi connectivity index (χ0n) is 10.4. The van der Waals surface area contributed by atoms with Crippen molar-refractivity contribution in [2.45, 2.75) is 26.2 Å². The van der Waals surface area contributed by atoms with Gasteiger partial charge in [-0.15, -0.1) is 0 Å². The summed E-state index contributed by atoms with van der Waals surface area (Å²) in [6.45, 7) is 4.66. The van der Waals surface area contributed by atoms with Gasteiger partial charge in [-0.1, -0.05) is 13.0 Å². The van der Waals surface area contributed by atoms with Gasteiger partial charge in [-0.2, -0.15) is 0 Å². The Labute approximate surface area is 103 Å². The second kappa shape index (κ2) is 8.70. The third-order valence-corrected chi connectivity index (χ3v) is 2.39. The SMILES string of the molecule is CCCNCCNC(=O)CCc1ccccn1. The third-order valence-electron chi connectivity index (χ3n) is 2.39. The number of rotatable bonds is 8. The lowest BCUT2D eigenvalue weighted by atomic mass is 10.2. The minimum atomic E-state index is 0.0916. The van der Waals surface area contributed by atoms with E-state index in [4.69, 9.17) is 0 Å². The van der Waals surface area contributed by atoms with E-state index in [-0.39, 0.29) is 5.91 Å². The molecular formula is C13H21N3O. The summed E-state index contributed by atoms with van der Waals surface area (Å²) in [6.07, 6.45) is 4.08. The molecule has 0 fully saturated rings. The van der Waals surface area contributed by atoms with Crippen molar-refractivity contribution >= 4 is 5.91 Å². The monoisotopic (exact) mass is 235 g/mol. The van der Waals surface area contributed by atoms with Crippen LogP contribution >= 0.6 is 0 Å². The molecule has 1 aromatic rings. The van der Waals surface area contributed by atoms with Gasteiger partial charge in [-0.25, -0.2) is 0 Å². The highest BCUT2D eigenvalue weighted by molar-refractivity contribution is 5.76. The van der Waals surface area contributed by atoms with Crippen LogP contribution in [0.25, 0.3) is 0 Å². The van der Waals surface area contributed by atoms with Crippen molar-refractivity contribution in [2.24, 2.45) is 0 Å². The van der Waals surface area contributed by atoms with Crippen molar-refractivity contribution in [1.29, 1.82) is 0 Å². The van der Waals surface area contributed by atoms with Crippen LogP contribution in [0.5, 0.6) is 0 Å². The van der Waals surface area contributed by atoms with Crippen molar-refractivity contribution in [3.63, 3.8) is 0 Å². The summed E-state index contributed by atoms with van der Waals surface area (Å²) in [5.41, 5.74) is 0.965. The molecule has 0 atom stereocenters. The molecular weight excluding hydrogens is 214 g/mol. The molecule has 0 aliphatic heterocycles. The number of pyridine rings is 1. The zero-order valence-corrected chi connectivity index (χ0v) is 10.4. The van der Waals surface area contributed by atoms with Gasteiger partial charge in [0.25, 0.3) is 0 Å². The van der Waals surface area contributed by atoms with Crippen LogP contribution < -0.4 is 10.6 Å². The summed E-state index contributed by atoms with van der Waals surface area (Å²) >= 11 is 0. The average molecular weight is 235 g/mol. The maximum absolute atomic E-state index is 11.5. The topological polar surface area (TPSA) is 54.0 Å². The van der Waals surface area contributed by atoms with Crippen LogP contribution in [0.2, 0.25) is 0 Å². The van der Waals surface area contributed by atoms with E-state index in [9.17, 15) is 4.79 Å². The zero-order chi connectivity index (χ0) is 12.3. The molecule has 0 spiro atoms. The highest BCUT2D eigenvalue weighted by atomic mass is 16.1. The molecule has 0 saturated carbocycles. The fourth-order valence-corrected chi connectivity index (χ4v) is 1.47. The molecule has 1 amide bonds. The minimum Gasteiger partial charge on any atom is -0.355 e. The van der Waals surface area contributed by atoms with Crippen LogP contribution in [-0.2, 0) is 11.2 Å². The number of carbonyl (C=O) groups is 1. The van der Waals surface area contributed by atoms with E-state index in [0.29, 0.717) is 19.4 Å². The Hall–Kier alpha value is -1.42. The standard InChI is InChI=1S/C13H21N3O/c1-2-8-14-10-11-16-13(17)7-6-12-5-3-4-9-15-12/h3-5,9,14H,2,6-8,10-11H2,1H3,(H,16,17). The average Bonchev–Trinajstić information content (AvgIpc) is 2.37. The first kappa shape index (κ1) is 13.6. The summed E-state index contributed by atoms with van der Waals surface area (Å²) in [5.74, 6) is 0.0916. The molecule has 0 aliphatic carbocycles. The quantitative estimate of drug-likeness (QED) is 0.664. The Kier molecular flexibility index (Phi) is 6.98. The Bertz CT molecular complexity index is 314. The van der Waals surface area contributed by atoms with Crippen molar-refractivity contribution < 1.29 is 4.79 Å². The lowest BCUT2D eigenvalue weighted by Gasteiger charge is -2.05. The number of amides is 1. The predicted molar refractivity (Wildman–Crippen MR) is 68.7 cm³/mol. The summed E-state index contributed by atoms with van der Waals surface area (Å²) in [7, 11) is 0. The first-order chi connectivity index (χ1) is 8.33. The number of carbonyl (C=O) groups excluding carboxylic acids is 1. The molecule has 0 bridgehead atoms. The van der Waals surface area contributed by atoms with Crippen LogP contribution in [0.1, 0.15) is 25.5 Å². The van der Waals surface area contributed by atoms with E-state index in [2.05, 4.69) is 22.5 Å². The van der Waals surface area contributed by atoms with E-state index >= 15 is 0 Å². The van der Waals surface area contributed by atoms with Gasteiger partial charge in [-0.3, -0.25) is 9.78 Å². The molecule has 4 nitrogen and oxygen atoms in total. The second-order valence-corrected chi connectivity index (χ2v) is 3.92. The fourth-order valence-electron chi connectivity index (χ4n) is 1.47. The van der Waals surface area contributed by atoms with Crippen LogP contribution in [0.4, 0.5) is 0 Å². The van der Waals surface area contributed by atoms with Crippen molar-refractivity contribution in [3.8, 4) is 0 Å². The smallest absolute Gasteiger partial charge is 0.220 e. The third kappa shape index (κ3) is 6.68. The highest BCUT2D eigenvalue weighted by Crippen LogP contribution is 1.97. The molecule has 94 valence electrons. The Morgan fingerprint density at radius 3 is 2.88 bits per heavy atom. The largest absolute Gasteiger partial charge is 0.355 e. The molecule has 2 N–H and O–H groups in total. The minimum absolute atomic E-state index is 0.0916. The number of hydrogen-bond acceptors (Lipinski definition) is 3. The number of aromatic nitrogens is 1. The number of nitrogens with zero attached hydrogens (tertiary/aromatic N) is 1. The fraction of sp³-hybridized carbons (Fsp3) is 0.538. The Morgan fingerprint density at radius 2 is 2.18 bits per heavy atom. The number of hydrogen-bond donors (Lipinski definition) is 2. The molecule has 0 saturated heterocycles. The first-order valence-corrected chi connectivity index (χ1v) is 6.20. The maximum Gasteiger partial charge on any atom is 0.220 e. The molecule has 0 radical (unpaired) electrons. The molecule has 4 heteroatoms.